The maximum atomic E-state index is 12.3. The molecule has 4 rings (SSSR count). The van der Waals surface area contributed by atoms with E-state index >= 15 is 0 Å². The van der Waals surface area contributed by atoms with Gasteiger partial charge in [-0.2, -0.15) is 6.08 Å². The van der Waals surface area contributed by atoms with E-state index in [1.807, 2.05) is 24.3 Å². The molecule has 0 spiro atoms. The summed E-state index contributed by atoms with van der Waals surface area (Å²) in [4.78, 5) is 12.3. The minimum Gasteiger partial charge on any atom is -0.411 e. The third-order valence-corrected chi connectivity index (χ3v) is 4.67. The van der Waals surface area contributed by atoms with E-state index in [9.17, 15) is 4.79 Å². The van der Waals surface area contributed by atoms with E-state index in [-0.39, 0.29) is 50.5 Å². The summed E-state index contributed by atoms with van der Waals surface area (Å²) in [6.07, 6.45) is 4.07. The fourth-order valence-electron chi connectivity index (χ4n) is 3.32. The molecular formula is C20H18NOY-. The summed E-state index contributed by atoms with van der Waals surface area (Å²) in [6.45, 7) is 2.11. The van der Waals surface area contributed by atoms with Crippen molar-refractivity contribution in [2.75, 3.05) is 0 Å². The molecule has 0 saturated heterocycles. The number of ketones is 1. The molecule has 1 fully saturated rings. The number of allylic oxidation sites excluding steroid dienone is 1. The molecule has 2 aromatic carbocycles. The summed E-state index contributed by atoms with van der Waals surface area (Å²) < 4.78 is 0. The summed E-state index contributed by atoms with van der Waals surface area (Å²) >= 11 is 0. The van der Waals surface area contributed by atoms with Crippen molar-refractivity contribution < 1.29 is 37.5 Å². The van der Waals surface area contributed by atoms with Crippen LogP contribution >= 0.6 is 0 Å². The van der Waals surface area contributed by atoms with Crippen molar-refractivity contribution in [3.05, 3.63) is 77.4 Å². The maximum Gasteiger partial charge on any atom is 0.0722 e. The predicted molar refractivity (Wildman–Crippen MR) is 86.9 cm³/mol. The third-order valence-electron chi connectivity index (χ3n) is 4.67. The van der Waals surface area contributed by atoms with Crippen molar-refractivity contribution in [3.8, 4) is 0 Å². The Balaban J connectivity index is 0.00000156. The largest absolute Gasteiger partial charge is 0.411 e. The van der Waals surface area contributed by atoms with Crippen LogP contribution in [0, 0.1) is 12.0 Å². The molecular weight excluding hydrogens is 359 g/mol. The summed E-state index contributed by atoms with van der Waals surface area (Å²) in [5.74, 6) is 0.680. The van der Waals surface area contributed by atoms with Gasteiger partial charge in [-0.25, -0.2) is 0 Å². The van der Waals surface area contributed by atoms with Crippen LogP contribution in [0.25, 0.3) is 5.70 Å². The summed E-state index contributed by atoms with van der Waals surface area (Å²) in [7, 11) is 0. The van der Waals surface area contributed by atoms with Crippen LogP contribution in [-0.2, 0) is 37.5 Å². The minimum atomic E-state index is 0. The summed E-state index contributed by atoms with van der Waals surface area (Å²) in [6, 6.07) is 18.7. The Morgan fingerprint density at radius 3 is 2.52 bits per heavy atom. The molecule has 2 aliphatic carbocycles. The fraction of sp³-hybridized carbons (Fsp3) is 0.250. The van der Waals surface area contributed by atoms with Gasteiger partial charge < -0.3 is 10.1 Å². The monoisotopic (exact) mass is 377 g/mol. The van der Waals surface area contributed by atoms with E-state index in [0.717, 1.165) is 17.7 Å². The molecule has 2 nitrogen and oxygen atoms in total. The van der Waals surface area contributed by atoms with Gasteiger partial charge in [0.2, 0.25) is 0 Å². The Hall–Kier alpha value is -1.25. The summed E-state index contributed by atoms with van der Waals surface area (Å²) in [5, 5.41) is 3.49. The van der Waals surface area contributed by atoms with Crippen LogP contribution in [0.5, 0.6) is 0 Å². The molecule has 0 aliphatic heterocycles. The van der Waals surface area contributed by atoms with E-state index in [1.54, 1.807) is 0 Å². The van der Waals surface area contributed by atoms with Crippen molar-refractivity contribution >= 4 is 11.5 Å². The average Bonchev–Trinajstić information content (AvgIpc) is 3.35. The van der Waals surface area contributed by atoms with Gasteiger partial charge in [0, 0.05) is 44.7 Å². The van der Waals surface area contributed by atoms with Gasteiger partial charge in [-0.05, 0) is 24.8 Å². The minimum absolute atomic E-state index is 0. The Labute approximate surface area is 162 Å². The SMILES string of the molecule is CC(NC1=[C-]C(=O)C2CC2c2ccccc21)c1ccccc1.[Y]. The molecule has 0 bridgehead atoms. The van der Waals surface area contributed by atoms with E-state index in [1.165, 1.54) is 11.1 Å². The maximum absolute atomic E-state index is 12.3. The molecule has 2 aliphatic rings. The molecule has 2 aromatic rings. The summed E-state index contributed by atoms with van der Waals surface area (Å²) in [5.41, 5.74) is 4.46. The van der Waals surface area contributed by atoms with Crippen LogP contribution in [0.1, 0.15) is 42.0 Å². The van der Waals surface area contributed by atoms with Gasteiger partial charge in [0.1, 0.15) is 0 Å². The Bertz CT molecular complexity index is 753. The van der Waals surface area contributed by atoms with E-state index in [2.05, 4.69) is 48.6 Å². The Morgan fingerprint density at radius 2 is 1.74 bits per heavy atom. The van der Waals surface area contributed by atoms with Crippen molar-refractivity contribution in [3.63, 3.8) is 0 Å². The van der Waals surface area contributed by atoms with Crippen molar-refractivity contribution in [2.24, 2.45) is 5.92 Å². The molecule has 3 atom stereocenters. The molecule has 1 saturated carbocycles. The predicted octanol–water partition coefficient (Wildman–Crippen LogP) is 3.87. The number of hydrogen-bond acceptors (Lipinski definition) is 2. The normalized spacial score (nSPS) is 22.7. The smallest absolute Gasteiger partial charge is 0.0722 e. The number of Topliss-reactive ketones (excluding diaryl/α,β-unsaturated/α-hetero) is 1. The first kappa shape index (κ1) is 16.6. The van der Waals surface area contributed by atoms with E-state index < -0.39 is 0 Å². The second kappa shape index (κ2) is 6.70. The van der Waals surface area contributed by atoms with Gasteiger partial charge in [0.25, 0.3) is 0 Å². The van der Waals surface area contributed by atoms with Crippen molar-refractivity contribution in [2.45, 2.75) is 25.3 Å². The zero-order valence-electron chi connectivity index (χ0n) is 13.1. The molecule has 1 radical (unpaired) electrons. The molecule has 1 N–H and O–H groups in total. The van der Waals surface area contributed by atoms with Crippen LogP contribution in [0.4, 0.5) is 0 Å². The van der Waals surface area contributed by atoms with E-state index in [4.69, 9.17) is 0 Å². The average molecular weight is 377 g/mol. The number of benzene rings is 2. The van der Waals surface area contributed by atoms with Gasteiger partial charge >= 0.3 is 0 Å². The Kier molecular flexibility index (Phi) is 4.84. The van der Waals surface area contributed by atoms with Crippen LogP contribution in [0.15, 0.2) is 54.6 Å². The second-order valence-electron chi connectivity index (χ2n) is 6.18. The first-order valence-electron chi connectivity index (χ1n) is 7.82. The molecule has 0 aromatic heterocycles. The quantitative estimate of drug-likeness (QED) is 0.823. The second-order valence-corrected chi connectivity index (χ2v) is 6.18. The number of nitrogens with one attached hydrogen (secondary N) is 1. The van der Waals surface area contributed by atoms with Gasteiger partial charge in [-0.1, -0.05) is 48.5 Å². The third kappa shape index (κ3) is 3.20. The number of carbonyl (C=O) groups excluding carboxylic acids is 1. The zero-order chi connectivity index (χ0) is 15.1. The topological polar surface area (TPSA) is 29.1 Å². The van der Waals surface area contributed by atoms with E-state index in [0.29, 0.717) is 5.92 Å². The first-order chi connectivity index (χ1) is 10.7. The van der Waals surface area contributed by atoms with Crippen LogP contribution in [0.2, 0.25) is 0 Å². The standard InChI is InChI=1S/C20H18NO.Y/c1-13(14-7-3-2-4-8-14)21-19-12-20(22)18-11-17(18)15-9-5-6-10-16(15)19;/h2-10,13,17-18,21H,11H2,1H3;/q-1;. The molecule has 0 heterocycles. The van der Waals surface area contributed by atoms with Crippen molar-refractivity contribution in [1.82, 2.24) is 5.32 Å². The van der Waals surface area contributed by atoms with Crippen LogP contribution < -0.4 is 5.32 Å². The Morgan fingerprint density at radius 1 is 1.04 bits per heavy atom. The number of hydrogen-bond donors (Lipinski definition) is 1. The molecule has 3 heteroatoms. The van der Waals surface area contributed by atoms with Gasteiger partial charge in [0.05, 0.1) is 5.78 Å². The fourth-order valence-corrected chi connectivity index (χ4v) is 3.32. The van der Waals surface area contributed by atoms with Gasteiger partial charge in [0.15, 0.2) is 0 Å². The molecule has 23 heavy (non-hydrogen) atoms. The van der Waals surface area contributed by atoms with Gasteiger partial charge in [-0.15, -0.1) is 22.9 Å². The van der Waals surface area contributed by atoms with Crippen molar-refractivity contribution in [1.29, 1.82) is 0 Å². The molecule has 113 valence electrons. The zero-order valence-corrected chi connectivity index (χ0v) is 16.0. The van der Waals surface area contributed by atoms with Crippen LogP contribution in [0.3, 0.4) is 0 Å². The number of rotatable bonds is 3. The number of carbonyl (C=O) groups is 1. The van der Waals surface area contributed by atoms with Crippen LogP contribution in [-0.4, -0.2) is 5.78 Å². The first-order valence-corrected chi connectivity index (χ1v) is 7.82. The number of fused-ring (bicyclic) bond motifs is 3. The molecule has 3 unspecified atom stereocenters. The molecule has 0 amide bonds. The van der Waals surface area contributed by atoms with Gasteiger partial charge in [-0.3, -0.25) is 0 Å².